The Labute approximate surface area is 163 Å². The van der Waals surface area contributed by atoms with Gasteiger partial charge in [0.05, 0.1) is 5.92 Å². The molecule has 0 saturated carbocycles. The fourth-order valence-electron chi connectivity index (χ4n) is 3.24. The van der Waals surface area contributed by atoms with Crippen molar-refractivity contribution < 1.29 is 18.3 Å². The molecule has 0 spiro atoms. The molecular weight excluding hydrogens is 384 g/mol. The Kier molecular flexibility index (Phi) is 6.18. The molecule has 27 heavy (non-hydrogen) atoms. The quantitative estimate of drug-likeness (QED) is 0.769. The molecule has 2 heterocycles. The van der Waals surface area contributed by atoms with Crippen molar-refractivity contribution in [3.8, 4) is 5.75 Å². The molecule has 1 aliphatic heterocycles. The molecule has 1 atom stereocenters. The first kappa shape index (κ1) is 19.9. The number of aryl methyl sites for hydroxylation is 1. The average molecular weight is 409 g/mol. The Balaban J connectivity index is 1.56. The van der Waals surface area contributed by atoms with Gasteiger partial charge >= 0.3 is 0 Å². The van der Waals surface area contributed by atoms with Crippen LogP contribution in [0.3, 0.4) is 0 Å². The van der Waals surface area contributed by atoms with Crippen LogP contribution in [0.25, 0.3) is 0 Å². The van der Waals surface area contributed by atoms with Crippen molar-refractivity contribution in [3.05, 3.63) is 46.8 Å². The first-order valence-corrected chi connectivity index (χ1v) is 11.2. The lowest BCUT2D eigenvalue weighted by molar-refractivity contribution is -0.126. The SMILES string of the molecule is Cc1ccc(S(=O)(=O)N2CCCC(C(=O)NCCc3cccc(O)c3)C2)s1. The molecule has 1 unspecified atom stereocenters. The Bertz CT molecular complexity index is 908. The van der Waals surface area contributed by atoms with Crippen LogP contribution < -0.4 is 5.32 Å². The molecule has 2 N–H and O–H groups in total. The summed E-state index contributed by atoms with van der Waals surface area (Å²) in [4.78, 5) is 13.4. The van der Waals surface area contributed by atoms with Gasteiger partial charge < -0.3 is 10.4 Å². The monoisotopic (exact) mass is 408 g/mol. The van der Waals surface area contributed by atoms with Gasteiger partial charge in [0.15, 0.2) is 0 Å². The van der Waals surface area contributed by atoms with E-state index in [2.05, 4.69) is 5.32 Å². The van der Waals surface area contributed by atoms with E-state index in [1.54, 1.807) is 30.3 Å². The third kappa shape index (κ3) is 4.88. The molecule has 1 amide bonds. The third-order valence-corrected chi connectivity index (χ3v) is 8.02. The smallest absolute Gasteiger partial charge is 0.252 e. The number of nitrogens with zero attached hydrogens (tertiary/aromatic N) is 1. The predicted molar refractivity (Wildman–Crippen MR) is 105 cm³/mol. The van der Waals surface area contributed by atoms with Crippen LogP contribution >= 0.6 is 11.3 Å². The Morgan fingerprint density at radius 3 is 2.85 bits per heavy atom. The van der Waals surface area contributed by atoms with Gasteiger partial charge in [-0.15, -0.1) is 11.3 Å². The zero-order valence-corrected chi connectivity index (χ0v) is 16.9. The summed E-state index contributed by atoms with van der Waals surface area (Å²) in [7, 11) is -3.53. The zero-order chi connectivity index (χ0) is 19.4. The van der Waals surface area contributed by atoms with Gasteiger partial charge in [-0.05, 0) is 56.0 Å². The van der Waals surface area contributed by atoms with Gasteiger partial charge in [-0.2, -0.15) is 4.31 Å². The van der Waals surface area contributed by atoms with Crippen molar-refractivity contribution in [1.29, 1.82) is 0 Å². The van der Waals surface area contributed by atoms with Gasteiger partial charge in [-0.3, -0.25) is 4.79 Å². The zero-order valence-electron chi connectivity index (χ0n) is 15.2. The minimum Gasteiger partial charge on any atom is -0.508 e. The molecule has 1 aromatic heterocycles. The van der Waals surface area contributed by atoms with E-state index in [4.69, 9.17) is 0 Å². The molecule has 2 aromatic rings. The van der Waals surface area contributed by atoms with E-state index in [9.17, 15) is 18.3 Å². The second-order valence-corrected chi connectivity index (χ2v) is 10.2. The number of rotatable bonds is 6. The fraction of sp³-hybridized carbons (Fsp3) is 0.421. The number of nitrogens with one attached hydrogen (secondary N) is 1. The largest absolute Gasteiger partial charge is 0.508 e. The average Bonchev–Trinajstić information content (AvgIpc) is 3.09. The van der Waals surface area contributed by atoms with Crippen LogP contribution in [0, 0.1) is 12.8 Å². The first-order chi connectivity index (χ1) is 12.9. The lowest BCUT2D eigenvalue weighted by Gasteiger charge is -2.30. The maximum Gasteiger partial charge on any atom is 0.252 e. The van der Waals surface area contributed by atoms with Crippen molar-refractivity contribution in [2.45, 2.75) is 30.4 Å². The number of phenols is 1. The number of carbonyl (C=O) groups excluding carboxylic acids is 1. The highest BCUT2D eigenvalue weighted by molar-refractivity contribution is 7.91. The van der Waals surface area contributed by atoms with Crippen molar-refractivity contribution in [3.63, 3.8) is 0 Å². The van der Waals surface area contributed by atoms with Gasteiger partial charge in [0, 0.05) is 24.5 Å². The number of aromatic hydroxyl groups is 1. The summed E-state index contributed by atoms with van der Waals surface area (Å²) in [5.41, 5.74) is 0.941. The summed E-state index contributed by atoms with van der Waals surface area (Å²) >= 11 is 1.26. The summed E-state index contributed by atoms with van der Waals surface area (Å²) < 4.78 is 27.3. The molecule has 1 aliphatic rings. The standard InChI is InChI=1S/C19H24N2O4S2/c1-14-7-8-18(26-14)27(24,25)21-11-3-5-16(13-21)19(23)20-10-9-15-4-2-6-17(22)12-15/h2,4,6-8,12,16,22H,3,5,9-11,13H2,1H3,(H,20,23). The van der Waals surface area contributed by atoms with Crippen LogP contribution in [0.4, 0.5) is 0 Å². The van der Waals surface area contributed by atoms with E-state index < -0.39 is 10.0 Å². The molecule has 1 aromatic carbocycles. The van der Waals surface area contributed by atoms with E-state index in [1.807, 2.05) is 13.0 Å². The number of amides is 1. The van der Waals surface area contributed by atoms with E-state index in [0.29, 0.717) is 36.6 Å². The molecule has 146 valence electrons. The number of carbonyl (C=O) groups is 1. The molecule has 8 heteroatoms. The summed E-state index contributed by atoms with van der Waals surface area (Å²) in [5, 5.41) is 12.4. The highest BCUT2D eigenvalue weighted by Gasteiger charge is 2.33. The Hall–Kier alpha value is -1.90. The second kappa shape index (κ2) is 8.41. The van der Waals surface area contributed by atoms with Crippen LogP contribution in [-0.4, -0.2) is 43.4 Å². The summed E-state index contributed by atoms with van der Waals surface area (Å²) in [6, 6.07) is 10.4. The molecule has 1 fully saturated rings. The van der Waals surface area contributed by atoms with E-state index in [0.717, 1.165) is 10.4 Å². The minimum atomic E-state index is -3.53. The Morgan fingerprint density at radius 2 is 2.15 bits per heavy atom. The fourth-order valence-corrected chi connectivity index (χ4v) is 6.20. The van der Waals surface area contributed by atoms with Crippen LogP contribution in [0.2, 0.25) is 0 Å². The number of phenolic OH excluding ortho intramolecular Hbond substituents is 1. The topological polar surface area (TPSA) is 86.7 Å². The van der Waals surface area contributed by atoms with Crippen molar-refractivity contribution >= 4 is 27.3 Å². The number of sulfonamides is 1. The number of benzene rings is 1. The number of hydrogen-bond acceptors (Lipinski definition) is 5. The second-order valence-electron chi connectivity index (χ2n) is 6.78. The normalized spacial score (nSPS) is 18.3. The molecule has 6 nitrogen and oxygen atoms in total. The highest BCUT2D eigenvalue weighted by Crippen LogP contribution is 2.28. The van der Waals surface area contributed by atoms with E-state index in [-0.39, 0.29) is 24.1 Å². The first-order valence-electron chi connectivity index (χ1n) is 8.98. The van der Waals surface area contributed by atoms with Crippen LogP contribution in [-0.2, 0) is 21.2 Å². The van der Waals surface area contributed by atoms with Crippen LogP contribution in [0.15, 0.2) is 40.6 Å². The van der Waals surface area contributed by atoms with Crippen molar-refractivity contribution in [2.24, 2.45) is 5.92 Å². The third-order valence-electron chi connectivity index (χ3n) is 4.69. The molecule has 0 aliphatic carbocycles. The van der Waals surface area contributed by atoms with E-state index >= 15 is 0 Å². The maximum atomic E-state index is 12.8. The lowest BCUT2D eigenvalue weighted by atomic mass is 9.99. The molecule has 3 rings (SSSR count). The summed E-state index contributed by atoms with van der Waals surface area (Å²) in [6.07, 6.45) is 1.98. The molecule has 0 radical (unpaired) electrons. The predicted octanol–water partition coefficient (Wildman–Crippen LogP) is 2.52. The molecule has 1 saturated heterocycles. The van der Waals surface area contributed by atoms with Crippen LogP contribution in [0.1, 0.15) is 23.3 Å². The Morgan fingerprint density at radius 1 is 1.33 bits per heavy atom. The lowest BCUT2D eigenvalue weighted by Crippen LogP contribution is -2.45. The van der Waals surface area contributed by atoms with Gasteiger partial charge in [0.1, 0.15) is 9.96 Å². The summed E-state index contributed by atoms with van der Waals surface area (Å²) in [6.45, 7) is 3.00. The van der Waals surface area contributed by atoms with E-state index in [1.165, 1.54) is 15.6 Å². The van der Waals surface area contributed by atoms with Crippen molar-refractivity contribution in [1.82, 2.24) is 9.62 Å². The van der Waals surface area contributed by atoms with Gasteiger partial charge in [0.25, 0.3) is 10.0 Å². The highest BCUT2D eigenvalue weighted by atomic mass is 32.2. The molecule has 0 bridgehead atoms. The van der Waals surface area contributed by atoms with Gasteiger partial charge in [-0.25, -0.2) is 8.42 Å². The number of thiophene rings is 1. The van der Waals surface area contributed by atoms with Crippen LogP contribution in [0.5, 0.6) is 5.75 Å². The number of hydrogen-bond donors (Lipinski definition) is 2. The maximum absolute atomic E-state index is 12.8. The van der Waals surface area contributed by atoms with Gasteiger partial charge in [-0.1, -0.05) is 12.1 Å². The molecular formula is C19H24N2O4S2. The number of piperidine rings is 1. The summed E-state index contributed by atoms with van der Waals surface area (Å²) in [5.74, 6) is -0.244. The van der Waals surface area contributed by atoms with Crippen molar-refractivity contribution in [2.75, 3.05) is 19.6 Å². The van der Waals surface area contributed by atoms with Gasteiger partial charge in [0.2, 0.25) is 5.91 Å². The minimum absolute atomic E-state index is 0.114.